The first-order chi connectivity index (χ1) is 4.55. The average molecular weight is 152 g/mol. The molecule has 1 heterocycles. The molecule has 0 bridgehead atoms. The van der Waals surface area contributed by atoms with Gasteiger partial charge in [-0.25, -0.2) is 0 Å². The normalized spacial score (nSPS) is 18.4. The first-order valence-electron chi connectivity index (χ1n) is 3.36. The van der Waals surface area contributed by atoms with E-state index in [1.165, 1.54) is 0 Å². The molecular formula is C7H13LiO3. The number of ether oxygens (including phenoxy) is 1. The summed E-state index contributed by atoms with van der Waals surface area (Å²) in [7, 11) is 0. The number of carbonyl (C=O) groups is 1. The number of carboxylic acids is 1. The largest absolute Gasteiger partial charge is 1.00 e. The summed E-state index contributed by atoms with van der Waals surface area (Å²) in [6.07, 6.45) is 0. The van der Waals surface area contributed by atoms with Crippen LogP contribution in [0.4, 0.5) is 0 Å². The van der Waals surface area contributed by atoms with E-state index in [1.807, 2.05) is 0 Å². The first kappa shape index (κ1) is 11.0. The van der Waals surface area contributed by atoms with Gasteiger partial charge in [-0.1, -0.05) is 0 Å². The summed E-state index contributed by atoms with van der Waals surface area (Å²) in [5.41, 5.74) is -0.613. The topological polar surface area (TPSA) is 46.5 Å². The summed E-state index contributed by atoms with van der Waals surface area (Å²) in [6, 6.07) is 0. The summed E-state index contributed by atoms with van der Waals surface area (Å²) < 4.78 is 4.91. The van der Waals surface area contributed by atoms with Crippen LogP contribution >= 0.6 is 0 Å². The Balaban J connectivity index is 0. The minimum Gasteiger partial charge on any atom is -1.00 e. The van der Waals surface area contributed by atoms with Gasteiger partial charge in [0.1, 0.15) is 0 Å². The van der Waals surface area contributed by atoms with Crippen LogP contribution in [0.2, 0.25) is 0 Å². The van der Waals surface area contributed by atoms with Gasteiger partial charge in [0.05, 0.1) is 18.6 Å². The zero-order valence-corrected chi connectivity index (χ0v) is 7.26. The zero-order valence-electron chi connectivity index (χ0n) is 8.26. The Kier molecular flexibility index (Phi) is 3.63. The van der Waals surface area contributed by atoms with E-state index in [9.17, 15) is 4.79 Å². The molecule has 0 amide bonds. The summed E-state index contributed by atoms with van der Waals surface area (Å²) in [5.74, 6) is -0.536. The fourth-order valence-corrected chi connectivity index (χ4v) is 0.827. The van der Waals surface area contributed by atoms with E-state index in [2.05, 4.69) is 0 Å². The number of hydrogen-bond donors (Lipinski definition) is 1. The van der Waals surface area contributed by atoms with Crippen molar-refractivity contribution in [3.05, 3.63) is 0 Å². The molecule has 60 valence electrons. The van der Waals surface area contributed by atoms with Gasteiger partial charge >= 0.3 is 24.8 Å². The third-order valence-electron chi connectivity index (χ3n) is 2.21. The molecule has 1 rings (SSSR count). The Hall–Kier alpha value is 0.0274. The molecular weight excluding hydrogens is 139 g/mol. The second-order valence-electron chi connectivity index (χ2n) is 3.26. The molecule has 1 aliphatic heterocycles. The fraction of sp³-hybridized carbons (Fsp3) is 0.857. The number of hydrogen-bond acceptors (Lipinski definition) is 2. The van der Waals surface area contributed by atoms with Gasteiger partial charge in [0.15, 0.2) is 0 Å². The second kappa shape index (κ2) is 3.62. The minimum atomic E-state index is -0.735. The Morgan fingerprint density at radius 2 is 2.09 bits per heavy atom. The number of carboxylic acid groups (broad SMARTS) is 1. The fourth-order valence-electron chi connectivity index (χ4n) is 0.827. The van der Waals surface area contributed by atoms with Gasteiger partial charge in [0, 0.05) is 5.92 Å². The second-order valence-corrected chi connectivity index (χ2v) is 3.26. The van der Waals surface area contributed by atoms with E-state index in [-0.39, 0.29) is 26.2 Å². The van der Waals surface area contributed by atoms with E-state index >= 15 is 0 Å². The SMILES string of the molecule is CC(C)(C(=O)O)C1COC1.[H-].[Li+]. The van der Waals surface area contributed by atoms with Crippen molar-refractivity contribution in [2.45, 2.75) is 13.8 Å². The first-order valence-corrected chi connectivity index (χ1v) is 3.36. The van der Waals surface area contributed by atoms with E-state index < -0.39 is 11.4 Å². The summed E-state index contributed by atoms with van der Waals surface area (Å²) in [4.78, 5) is 10.6. The summed E-state index contributed by atoms with van der Waals surface area (Å²) in [6.45, 7) is 4.67. The summed E-state index contributed by atoms with van der Waals surface area (Å²) in [5, 5.41) is 8.72. The maximum atomic E-state index is 10.6. The van der Waals surface area contributed by atoms with Crippen LogP contribution in [0.15, 0.2) is 0 Å². The third-order valence-corrected chi connectivity index (χ3v) is 2.21. The zero-order chi connectivity index (χ0) is 7.78. The van der Waals surface area contributed by atoms with Crippen molar-refractivity contribution in [1.82, 2.24) is 0 Å². The smallest absolute Gasteiger partial charge is 1.00 e. The molecule has 1 saturated heterocycles. The Morgan fingerprint density at radius 1 is 1.64 bits per heavy atom. The van der Waals surface area contributed by atoms with E-state index in [0.29, 0.717) is 13.2 Å². The van der Waals surface area contributed by atoms with Crippen LogP contribution in [0.1, 0.15) is 15.3 Å². The molecule has 0 aromatic rings. The molecule has 1 aliphatic rings. The van der Waals surface area contributed by atoms with Crippen LogP contribution in [-0.4, -0.2) is 24.3 Å². The molecule has 0 unspecified atom stereocenters. The third kappa shape index (κ3) is 1.99. The quantitative estimate of drug-likeness (QED) is 0.459. The molecule has 0 aliphatic carbocycles. The van der Waals surface area contributed by atoms with Crippen molar-refractivity contribution in [3.8, 4) is 0 Å². The molecule has 0 spiro atoms. The van der Waals surface area contributed by atoms with Crippen molar-refractivity contribution < 1.29 is 34.9 Å². The number of rotatable bonds is 2. The van der Waals surface area contributed by atoms with Gasteiger partial charge in [-0.3, -0.25) is 4.79 Å². The van der Waals surface area contributed by atoms with Crippen LogP contribution < -0.4 is 18.9 Å². The maximum Gasteiger partial charge on any atom is 1.00 e. The van der Waals surface area contributed by atoms with Crippen LogP contribution in [-0.2, 0) is 9.53 Å². The van der Waals surface area contributed by atoms with Crippen molar-refractivity contribution >= 4 is 5.97 Å². The molecule has 11 heavy (non-hydrogen) atoms. The van der Waals surface area contributed by atoms with Crippen molar-refractivity contribution in [2.75, 3.05) is 13.2 Å². The molecule has 0 saturated carbocycles. The predicted octanol–water partition coefficient (Wildman–Crippen LogP) is -2.14. The van der Waals surface area contributed by atoms with Crippen LogP contribution in [0, 0.1) is 11.3 Å². The van der Waals surface area contributed by atoms with E-state index in [4.69, 9.17) is 9.84 Å². The monoisotopic (exact) mass is 152 g/mol. The van der Waals surface area contributed by atoms with Gasteiger partial charge < -0.3 is 11.3 Å². The predicted molar refractivity (Wildman–Crippen MR) is 36.8 cm³/mol. The standard InChI is InChI=1S/C7H12O3.Li.H/c1-7(2,6(8)9)5-3-10-4-5;;/h5H,3-4H2,1-2H3,(H,8,9);;/q;+1;-1. The van der Waals surface area contributed by atoms with Gasteiger partial charge in [-0.2, -0.15) is 0 Å². The van der Waals surface area contributed by atoms with Crippen LogP contribution in [0.5, 0.6) is 0 Å². The van der Waals surface area contributed by atoms with Crippen molar-refractivity contribution in [2.24, 2.45) is 11.3 Å². The van der Waals surface area contributed by atoms with Crippen molar-refractivity contribution in [3.63, 3.8) is 0 Å². The molecule has 3 nitrogen and oxygen atoms in total. The average Bonchev–Trinajstić information content (AvgIpc) is 1.57. The van der Waals surface area contributed by atoms with Gasteiger partial charge in [-0.05, 0) is 13.8 Å². The maximum absolute atomic E-state index is 10.6. The minimum absolute atomic E-state index is 0. The molecule has 1 N–H and O–H groups in total. The van der Waals surface area contributed by atoms with Crippen LogP contribution in [0.3, 0.4) is 0 Å². The van der Waals surface area contributed by atoms with Crippen molar-refractivity contribution in [1.29, 1.82) is 0 Å². The van der Waals surface area contributed by atoms with Gasteiger partial charge in [-0.15, -0.1) is 0 Å². The molecule has 0 aromatic heterocycles. The molecule has 0 atom stereocenters. The van der Waals surface area contributed by atoms with Gasteiger partial charge in [0.25, 0.3) is 0 Å². The molecule has 1 fully saturated rings. The van der Waals surface area contributed by atoms with E-state index in [1.54, 1.807) is 13.8 Å². The Bertz CT molecular complexity index is 157. The van der Waals surface area contributed by atoms with E-state index in [0.717, 1.165) is 0 Å². The summed E-state index contributed by atoms with van der Waals surface area (Å²) >= 11 is 0. The number of aliphatic carboxylic acids is 1. The van der Waals surface area contributed by atoms with Gasteiger partial charge in [0.2, 0.25) is 0 Å². The molecule has 0 aromatic carbocycles. The molecule has 0 radical (unpaired) electrons. The molecule has 4 heteroatoms. The Morgan fingerprint density at radius 3 is 2.18 bits per heavy atom. The Labute approximate surface area is 79.8 Å². The van der Waals surface area contributed by atoms with Crippen LogP contribution in [0.25, 0.3) is 0 Å².